The molecule has 198 valence electrons. The summed E-state index contributed by atoms with van der Waals surface area (Å²) in [6.45, 7) is 2.26. The van der Waals surface area contributed by atoms with Gasteiger partial charge in [0.1, 0.15) is 11.4 Å². The molecule has 1 amide bonds. The van der Waals surface area contributed by atoms with Gasteiger partial charge in [-0.2, -0.15) is 10.2 Å². The van der Waals surface area contributed by atoms with E-state index in [0.29, 0.717) is 6.42 Å². The van der Waals surface area contributed by atoms with Crippen molar-refractivity contribution in [3.05, 3.63) is 66.4 Å². The summed E-state index contributed by atoms with van der Waals surface area (Å²) in [4.78, 5) is 12.3. The van der Waals surface area contributed by atoms with Gasteiger partial charge >= 0.3 is 0 Å². The van der Waals surface area contributed by atoms with Crippen LogP contribution in [0.2, 0.25) is 0 Å². The lowest BCUT2D eigenvalue weighted by Gasteiger charge is -2.03. The highest BCUT2D eigenvalue weighted by atomic mass is 16.5. The van der Waals surface area contributed by atoms with Gasteiger partial charge in [-0.3, -0.25) is 4.79 Å². The van der Waals surface area contributed by atoms with Crippen LogP contribution in [-0.4, -0.2) is 29.0 Å². The maximum absolute atomic E-state index is 12.3. The number of hydrogen-bond acceptors (Lipinski definition) is 4. The second-order valence-electron chi connectivity index (χ2n) is 9.52. The average Bonchev–Trinajstić information content (AvgIpc) is 3.36. The Kier molecular flexibility index (Phi) is 12.5. The molecule has 6 heteroatoms. The molecule has 0 atom stereocenters. The van der Waals surface area contributed by atoms with Crippen LogP contribution in [-0.2, 0) is 4.79 Å². The number of methoxy groups -OCH3 is 1. The molecule has 0 saturated heterocycles. The van der Waals surface area contributed by atoms with Crippen molar-refractivity contribution in [1.82, 2.24) is 15.2 Å². The van der Waals surface area contributed by atoms with E-state index in [1.54, 1.807) is 13.3 Å². The lowest BCUT2D eigenvalue weighted by atomic mass is 10.1. The molecule has 0 radical (unpaired) electrons. The van der Waals surface area contributed by atoms with Crippen molar-refractivity contribution in [2.45, 2.75) is 84.0 Å². The molecule has 1 N–H and O–H groups in total. The molecule has 0 bridgehead atoms. The molecule has 2 aromatic carbocycles. The largest absolute Gasteiger partial charge is 0.497 e. The van der Waals surface area contributed by atoms with Crippen molar-refractivity contribution in [1.29, 1.82) is 0 Å². The quantitative estimate of drug-likeness (QED) is 0.117. The smallest absolute Gasteiger partial charge is 0.240 e. The molecule has 3 aromatic rings. The van der Waals surface area contributed by atoms with E-state index in [4.69, 9.17) is 9.84 Å². The molecule has 6 nitrogen and oxygen atoms in total. The topological polar surface area (TPSA) is 68.5 Å². The summed E-state index contributed by atoms with van der Waals surface area (Å²) >= 11 is 0. The summed E-state index contributed by atoms with van der Waals surface area (Å²) in [7, 11) is 1.65. The first-order valence-corrected chi connectivity index (χ1v) is 13.8. The summed E-state index contributed by atoms with van der Waals surface area (Å²) in [6, 6.07) is 17.7. The Morgan fingerprint density at radius 3 is 2.14 bits per heavy atom. The van der Waals surface area contributed by atoms with Gasteiger partial charge in [0.15, 0.2) is 0 Å². The third kappa shape index (κ3) is 9.87. The van der Waals surface area contributed by atoms with E-state index in [9.17, 15) is 4.79 Å². The van der Waals surface area contributed by atoms with E-state index in [2.05, 4.69) is 17.5 Å². The van der Waals surface area contributed by atoms with Crippen molar-refractivity contribution in [3.63, 3.8) is 0 Å². The van der Waals surface area contributed by atoms with Gasteiger partial charge in [0.2, 0.25) is 5.91 Å². The van der Waals surface area contributed by atoms with Gasteiger partial charge in [0.25, 0.3) is 0 Å². The Labute approximate surface area is 222 Å². The number of para-hydroxylation sites is 1. The van der Waals surface area contributed by atoms with E-state index < -0.39 is 0 Å². The molecule has 0 aliphatic rings. The number of amides is 1. The van der Waals surface area contributed by atoms with Crippen LogP contribution >= 0.6 is 0 Å². The molecule has 1 heterocycles. The first-order valence-electron chi connectivity index (χ1n) is 13.8. The van der Waals surface area contributed by atoms with Gasteiger partial charge in [-0.1, -0.05) is 89.3 Å². The van der Waals surface area contributed by atoms with Gasteiger partial charge in [-0.15, -0.1) is 0 Å². The summed E-state index contributed by atoms with van der Waals surface area (Å²) in [5, 5.41) is 9.02. The highest BCUT2D eigenvalue weighted by Gasteiger charge is 2.11. The Bertz CT molecular complexity index is 1070. The normalized spacial score (nSPS) is 11.2. The molecule has 0 spiro atoms. The van der Waals surface area contributed by atoms with Crippen molar-refractivity contribution in [3.8, 4) is 22.7 Å². The van der Waals surface area contributed by atoms with Crippen LogP contribution in [0.3, 0.4) is 0 Å². The number of rotatable bonds is 17. The summed E-state index contributed by atoms with van der Waals surface area (Å²) in [5.74, 6) is 0.741. The van der Waals surface area contributed by atoms with Gasteiger partial charge in [0, 0.05) is 23.7 Å². The molecule has 0 aliphatic heterocycles. The molecule has 3 rings (SSSR count). The minimum atomic E-state index is -0.0476. The number of aromatic nitrogens is 2. The zero-order chi connectivity index (χ0) is 26.1. The number of carbonyl (C=O) groups excluding carboxylic acids is 1. The van der Waals surface area contributed by atoms with Crippen LogP contribution in [0, 0.1) is 0 Å². The third-order valence-corrected chi connectivity index (χ3v) is 6.53. The van der Waals surface area contributed by atoms with E-state index in [1.807, 2.05) is 65.5 Å². The molecule has 0 unspecified atom stereocenters. The molecule has 37 heavy (non-hydrogen) atoms. The molecule has 0 fully saturated rings. The fraction of sp³-hybridized carbons (Fsp3) is 0.452. The summed E-state index contributed by atoms with van der Waals surface area (Å²) in [5.41, 5.74) is 6.20. The number of benzene rings is 2. The van der Waals surface area contributed by atoms with Crippen molar-refractivity contribution >= 4 is 12.1 Å². The Morgan fingerprint density at radius 1 is 0.892 bits per heavy atom. The molecular formula is C31H42N4O2. The number of hydrazone groups is 1. The van der Waals surface area contributed by atoms with Gasteiger partial charge < -0.3 is 4.74 Å². The van der Waals surface area contributed by atoms with Crippen LogP contribution in [0.15, 0.2) is 65.9 Å². The highest BCUT2D eigenvalue weighted by Crippen LogP contribution is 2.25. The van der Waals surface area contributed by atoms with Gasteiger partial charge in [-0.05, 0) is 42.8 Å². The SMILES string of the molecule is CCCCCCCCCCCCCC(=O)N/N=C\c1cn(-c2ccccc2)nc1-c1ccc(OC)cc1. The van der Waals surface area contributed by atoms with E-state index in [1.165, 1.54) is 57.8 Å². The maximum Gasteiger partial charge on any atom is 0.240 e. The van der Waals surface area contributed by atoms with Crippen LogP contribution in [0.1, 0.15) is 89.5 Å². The van der Waals surface area contributed by atoms with E-state index >= 15 is 0 Å². The Balaban J connectivity index is 1.46. The third-order valence-electron chi connectivity index (χ3n) is 6.53. The minimum Gasteiger partial charge on any atom is -0.497 e. The van der Waals surface area contributed by atoms with E-state index in [0.717, 1.165) is 41.1 Å². The fourth-order valence-corrected chi connectivity index (χ4v) is 4.35. The number of ether oxygens (including phenoxy) is 1. The maximum atomic E-state index is 12.3. The van der Waals surface area contributed by atoms with Gasteiger partial charge in [0.05, 0.1) is 19.0 Å². The number of unbranched alkanes of at least 4 members (excludes halogenated alkanes) is 10. The zero-order valence-electron chi connectivity index (χ0n) is 22.5. The first-order chi connectivity index (χ1) is 18.2. The monoisotopic (exact) mass is 502 g/mol. The van der Waals surface area contributed by atoms with E-state index in [-0.39, 0.29) is 5.91 Å². The second kappa shape index (κ2) is 16.4. The van der Waals surface area contributed by atoms with Crippen LogP contribution < -0.4 is 10.2 Å². The van der Waals surface area contributed by atoms with Crippen molar-refractivity contribution < 1.29 is 9.53 Å². The molecule has 0 saturated carbocycles. The van der Waals surface area contributed by atoms with Crippen molar-refractivity contribution in [2.24, 2.45) is 5.10 Å². The number of hydrogen-bond donors (Lipinski definition) is 1. The van der Waals surface area contributed by atoms with Crippen LogP contribution in [0.25, 0.3) is 16.9 Å². The summed E-state index contributed by atoms with van der Waals surface area (Å²) in [6.07, 6.45) is 18.0. The van der Waals surface area contributed by atoms with Gasteiger partial charge in [-0.25, -0.2) is 10.1 Å². The summed E-state index contributed by atoms with van der Waals surface area (Å²) < 4.78 is 7.11. The molecule has 1 aromatic heterocycles. The zero-order valence-corrected chi connectivity index (χ0v) is 22.5. The number of carbonyl (C=O) groups is 1. The lowest BCUT2D eigenvalue weighted by molar-refractivity contribution is -0.121. The lowest BCUT2D eigenvalue weighted by Crippen LogP contribution is -2.16. The minimum absolute atomic E-state index is 0.0476. The standard InChI is InChI=1S/C31H42N4O2/c1-3-4-5-6-7-8-9-10-11-12-16-19-30(36)33-32-24-27-25-35(28-17-14-13-15-18-28)34-31(27)26-20-22-29(37-2)23-21-26/h13-15,17-18,20-25H,3-12,16,19H2,1-2H3,(H,33,36)/b32-24-. The highest BCUT2D eigenvalue weighted by molar-refractivity contribution is 5.89. The molecular weight excluding hydrogens is 460 g/mol. The number of nitrogens with zero attached hydrogens (tertiary/aromatic N) is 3. The second-order valence-corrected chi connectivity index (χ2v) is 9.52. The van der Waals surface area contributed by atoms with Crippen molar-refractivity contribution in [2.75, 3.05) is 7.11 Å². The first kappa shape index (κ1) is 28.2. The van der Waals surface area contributed by atoms with Crippen LogP contribution in [0.5, 0.6) is 5.75 Å². The molecule has 0 aliphatic carbocycles. The fourth-order valence-electron chi connectivity index (χ4n) is 4.35. The average molecular weight is 503 g/mol. The Morgan fingerprint density at radius 2 is 1.51 bits per heavy atom. The van der Waals surface area contributed by atoms with Crippen LogP contribution in [0.4, 0.5) is 0 Å². The predicted octanol–water partition coefficient (Wildman–Crippen LogP) is 7.70. The number of nitrogens with one attached hydrogen (secondary N) is 1. The Hall–Kier alpha value is -3.41. The predicted molar refractivity (Wildman–Crippen MR) is 152 cm³/mol.